The van der Waals surface area contributed by atoms with Crippen molar-refractivity contribution in [1.29, 1.82) is 0 Å². The molecule has 1 aliphatic heterocycles. The van der Waals surface area contributed by atoms with Gasteiger partial charge in [0.05, 0.1) is 17.4 Å². The summed E-state index contributed by atoms with van der Waals surface area (Å²) in [6, 6.07) is 7.63. The van der Waals surface area contributed by atoms with Crippen LogP contribution in [-0.2, 0) is 23.8 Å². The second kappa shape index (κ2) is 10.3. The van der Waals surface area contributed by atoms with Gasteiger partial charge in [0.15, 0.2) is 0 Å². The van der Waals surface area contributed by atoms with Gasteiger partial charge in [-0.25, -0.2) is 9.48 Å². The highest BCUT2D eigenvalue weighted by Gasteiger charge is 2.39. The van der Waals surface area contributed by atoms with Crippen molar-refractivity contribution >= 4 is 23.7 Å². The fourth-order valence-electron chi connectivity index (χ4n) is 3.69. The number of thioether (sulfide) groups is 1. The van der Waals surface area contributed by atoms with Crippen LogP contribution in [0.2, 0.25) is 0 Å². The number of carbonyl (C=O) groups excluding carboxylic acids is 2. The van der Waals surface area contributed by atoms with E-state index in [-0.39, 0.29) is 24.3 Å². The van der Waals surface area contributed by atoms with E-state index in [4.69, 9.17) is 14.2 Å². The smallest absolute Gasteiger partial charge is 0.330 e. The summed E-state index contributed by atoms with van der Waals surface area (Å²) in [4.78, 5) is 51.2. The lowest BCUT2D eigenvalue weighted by atomic mass is 10.2. The van der Waals surface area contributed by atoms with Crippen LogP contribution in [0.1, 0.15) is 26.5 Å². The standard InChI is InChI=1S/C22H23N5O7S/c1-12(28)32-11-19-18(33-13(2)29)8-20(34-19)26-9-16(21(30)23-22(26)31)17-10-27(25-24-17)14-4-6-15(35-3)7-5-14/h4-7,9-10,18-20H,8,11H2,1-3H3,(H,23,30,31)/t18-,19+,20+/m0/s1. The van der Waals surface area contributed by atoms with E-state index < -0.39 is 41.6 Å². The molecule has 13 heteroatoms. The van der Waals surface area contributed by atoms with Crippen LogP contribution >= 0.6 is 11.8 Å². The minimum absolute atomic E-state index is 0.104. The molecule has 1 fully saturated rings. The molecule has 0 radical (unpaired) electrons. The molecule has 0 bridgehead atoms. The fourth-order valence-corrected chi connectivity index (χ4v) is 4.10. The predicted molar refractivity (Wildman–Crippen MR) is 124 cm³/mol. The Morgan fingerprint density at radius 1 is 1.17 bits per heavy atom. The van der Waals surface area contributed by atoms with Gasteiger partial charge in [-0.1, -0.05) is 5.21 Å². The zero-order chi connectivity index (χ0) is 25.1. The number of nitrogens with one attached hydrogen (secondary N) is 1. The van der Waals surface area contributed by atoms with Crippen LogP contribution in [-0.4, -0.2) is 61.6 Å². The van der Waals surface area contributed by atoms with E-state index in [0.29, 0.717) is 0 Å². The van der Waals surface area contributed by atoms with Crippen molar-refractivity contribution < 1.29 is 23.8 Å². The lowest BCUT2D eigenvalue weighted by Gasteiger charge is -2.17. The Labute approximate surface area is 203 Å². The van der Waals surface area contributed by atoms with Crippen LogP contribution in [0.15, 0.2) is 51.1 Å². The summed E-state index contributed by atoms with van der Waals surface area (Å²) in [5, 5.41) is 8.18. The Morgan fingerprint density at radius 3 is 2.57 bits per heavy atom. The molecule has 0 amide bonds. The van der Waals surface area contributed by atoms with Crippen molar-refractivity contribution in [1.82, 2.24) is 24.5 Å². The number of aromatic nitrogens is 5. The topological polar surface area (TPSA) is 147 Å². The molecule has 4 rings (SSSR count). The Balaban J connectivity index is 1.62. The number of hydrogen-bond donors (Lipinski definition) is 1. The summed E-state index contributed by atoms with van der Waals surface area (Å²) in [7, 11) is 0. The van der Waals surface area contributed by atoms with Crippen molar-refractivity contribution in [3.8, 4) is 16.9 Å². The SMILES string of the molecule is CSc1ccc(-n2cc(-c3cn([C@H]4C[C@H](OC(C)=O)[C@@H](COC(C)=O)O4)c(=O)[nH]c3=O)nn2)cc1. The van der Waals surface area contributed by atoms with Crippen molar-refractivity contribution in [2.24, 2.45) is 0 Å². The molecule has 3 heterocycles. The zero-order valence-corrected chi connectivity index (χ0v) is 20.0. The molecule has 0 aliphatic carbocycles. The lowest BCUT2D eigenvalue weighted by molar-refractivity contribution is -0.155. The third-order valence-electron chi connectivity index (χ3n) is 5.33. The lowest BCUT2D eigenvalue weighted by Crippen LogP contribution is -2.33. The van der Waals surface area contributed by atoms with E-state index in [1.807, 2.05) is 30.5 Å². The number of rotatable bonds is 7. The van der Waals surface area contributed by atoms with E-state index in [1.165, 1.54) is 29.3 Å². The quantitative estimate of drug-likeness (QED) is 0.371. The molecular formula is C22H23N5O7S. The van der Waals surface area contributed by atoms with Gasteiger partial charge in [0.2, 0.25) is 0 Å². The molecule has 184 valence electrons. The molecule has 3 aromatic rings. The van der Waals surface area contributed by atoms with Gasteiger partial charge in [0.1, 0.15) is 30.7 Å². The average molecular weight is 502 g/mol. The largest absolute Gasteiger partial charge is 0.463 e. The van der Waals surface area contributed by atoms with Crippen LogP contribution in [0.5, 0.6) is 0 Å². The van der Waals surface area contributed by atoms with E-state index in [9.17, 15) is 19.2 Å². The van der Waals surface area contributed by atoms with Crippen LogP contribution in [0, 0.1) is 0 Å². The second-order valence-electron chi connectivity index (χ2n) is 7.77. The first-order valence-corrected chi connectivity index (χ1v) is 11.9. The highest BCUT2D eigenvalue weighted by molar-refractivity contribution is 7.98. The highest BCUT2D eigenvalue weighted by Crippen LogP contribution is 2.31. The minimum atomic E-state index is -0.878. The van der Waals surface area contributed by atoms with Gasteiger partial charge in [0.25, 0.3) is 5.56 Å². The maximum Gasteiger partial charge on any atom is 0.330 e. The number of ether oxygens (including phenoxy) is 3. The number of aromatic amines is 1. The third-order valence-corrected chi connectivity index (χ3v) is 6.08. The molecule has 1 N–H and O–H groups in total. The summed E-state index contributed by atoms with van der Waals surface area (Å²) in [6.45, 7) is 2.34. The summed E-state index contributed by atoms with van der Waals surface area (Å²) in [5.74, 6) is -1.06. The Hall–Kier alpha value is -3.71. The van der Waals surface area contributed by atoms with Gasteiger partial charge in [0, 0.05) is 31.4 Å². The number of nitrogens with zero attached hydrogens (tertiary/aromatic N) is 4. The number of benzene rings is 1. The number of esters is 2. The monoisotopic (exact) mass is 501 g/mol. The number of H-pyrrole nitrogens is 1. The maximum absolute atomic E-state index is 12.6. The molecule has 12 nitrogen and oxygen atoms in total. The van der Waals surface area contributed by atoms with Crippen molar-refractivity contribution in [3.05, 3.63) is 57.5 Å². The average Bonchev–Trinajstić information content (AvgIpc) is 3.45. The van der Waals surface area contributed by atoms with Crippen LogP contribution < -0.4 is 11.2 Å². The minimum Gasteiger partial charge on any atom is -0.463 e. The third kappa shape index (κ3) is 5.52. The van der Waals surface area contributed by atoms with E-state index in [2.05, 4.69) is 15.3 Å². The molecule has 1 aliphatic rings. The van der Waals surface area contributed by atoms with Gasteiger partial charge in [-0.15, -0.1) is 16.9 Å². The van der Waals surface area contributed by atoms with Crippen molar-refractivity contribution in [2.75, 3.05) is 12.9 Å². The maximum atomic E-state index is 12.6. The Kier molecular flexibility index (Phi) is 7.17. The van der Waals surface area contributed by atoms with Gasteiger partial charge in [-0.2, -0.15) is 0 Å². The van der Waals surface area contributed by atoms with Gasteiger partial charge in [-0.3, -0.25) is 23.9 Å². The molecule has 3 atom stereocenters. The molecule has 0 spiro atoms. The van der Waals surface area contributed by atoms with Crippen molar-refractivity contribution in [3.63, 3.8) is 0 Å². The van der Waals surface area contributed by atoms with Gasteiger partial charge >= 0.3 is 17.6 Å². The molecule has 0 unspecified atom stereocenters. The normalized spacial score (nSPS) is 19.5. The second-order valence-corrected chi connectivity index (χ2v) is 8.65. The molecule has 1 saturated heterocycles. The number of hydrogen-bond acceptors (Lipinski definition) is 10. The Morgan fingerprint density at radius 2 is 1.91 bits per heavy atom. The molecular weight excluding hydrogens is 478 g/mol. The first kappa shape index (κ1) is 24.4. The van der Waals surface area contributed by atoms with Crippen molar-refractivity contribution in [2.45, 2.75) is 43.6 Å². The van der Waals surface area contributed by atoms with E-state index in [1.54, 1.807) is 18.0 Å². The van der Waals surface area contributed by atoms with Crippen LogP contribution in [0.25, 0.3) is 16.9 Å². The first-order valence-electron chi connectivity index (χ1n) is 10.6. The van der Waals surface area contributed by atoms with Crippen LogP contribution in [0.4, 0.5) is 0 Å². The summed E-state index contributed by atoms with van der Waals surface area (Å²) in [5.41, 5.74) is -0.240. The molecule has 0 saturated carbocycles. The zero-order valence-electron chi connectivity index (χ0n) is 19.2. The highest BCUT2D eigenvalue weighted by atomic mass is 32.2. The summed E-state index contributed by atoms with van der Waals surface area (Å²) < 4.78 is 18.9. The molecule has 1 aromatic carbocycles. The Bertz CT molecular complexity index is 1350. The molecule has 2 aromatic heterocycles. The summed E-state index contributed by atoms with van der Waals surface area (Å²) in [6.07, 6.45) is 2.60. The molecule has 35 heavy (non-hydrogen) atoms. The fraction of sp³-hybridized carbons (Fsp3) is 0.364. The van der Waals surface area contributed by atoms with E-state index >= 15 is 0 Å². The first-order chi connectivity index (χ1) is 16.7. The number of carbonyl (C=O) groups is 2. The summed E-state index contributed by atoms with van der Waals surface area (Å²) >= 11 is 1.61. The van der Waals surface area contributed by atoms with Gasteiger partial charge < -0.3 is 14.2 Å². The van der Waals surface area contributed by atoms with Gasteiger partial charge in [-0.05, 0) is 30.5 Å². The van der Waals surface area contributed by atoms with Crippen LogP contribution in [0.3, 0.4) is 0 Å². The van der Waals surface area contributed by atoms with E-state index in [0.717, 1.165) is 10.6 Å². The predicted octanol–water partition coefficient (Wildman–Crippen LogP) is 1.29.